The first kappa shape index (κ1) is 11.8. The molecule has 0 radical (unpaired) electrons. The first-order valence-corrected chi connectivity index (χ1v) is 5.35. The van der Waals surface area contributed by atoms with Gasteiger partial charge < -0.3 is 4.74 Å². The van der Waals surface area contributed by atoms with Gasteiger partial charge in [0, 0.05) is 6.20 Å². The van der Waals surface area contributed by atoms with E-state index >= 15 is 0 Å². The number of carbonyl (C=O) groups is 1. The molecule has 0 spiro atoms. The smallest absolute Gasteiger partial charge is 0.341 e. The van der Waals surface area contributed by atoms with Crippen LogP contribution in [0.1, 0.15) is 49.5 Å². The summed E-state index contributed by atoms with van der Waals surface area (Å²) in [6.45, 7) is 4.27. The Balaban J connectivity index is 2.77. The largest absolute Gasteiger partial charge is 0.465 e. The molecule has 15 heavy (non-hydrogen) atoms. The van der Waals surface area contributed by atoms with Crippen molar-refractivity contribution in [1.29, 1.82) is 0 Å². The Morgan fingerprint density at radius 3 is 2.87 bits per heavy atom. The van der Waals surface area contributed by atoms with Crippen molar-refractivity contribution in [3.05, 3.63) is 18.0 Å². The Hall–Kier alpha value is -1.32. The van der Waals surface area contributed by atoms with Crippen LogP contribution in [0.2, 0.25) is 0 Å². The minimum absolute atomic E-state index is 0.326. The standard InChI is InChI=1S/C11H18N2O2/c1-4-6-10(5-2)13-8-9(7-12-13)11(14)15-3/h7-8,10H,4-6H2,1-3H3. The normalized spacial score (nSPS) is 12.5. The fourth-order valence-electron chi connectivity index (χ4n) is 1.62. The summed E-state index contributed by atoms with van der Waals surface area (Å²) >= 11 is 0. The van der Waals surface area contributed by atoms with E-state index in [1.165, 1.54) is 7.11 Å². The van der Waals surface area contributed by atoms with Gasteiger partial charge in [0.25, 0.3) is 0 Å². The topological polar surface area (TPSA) is 44.1 Å². The number of esters is 1. The lowest BCUT2D eigenvalue weighted by molar-refractivity contribution is 0.0600. The molecule has 1 atom stereocenters. The number of methoxy groups -OCH3 is 1. The second kappa shape index (κ2) is 5.53. The van der Waals surface area contributed by atoms with Gasteiger partial charge in [-0.1, -0.05) is 20.3 Å². The zero-order valence-electron chi connectivity index (χ0n) is 9.56. The quantitative estimate of drug-likeness (QED) is 0.701. The Bertz CT molecular complexity index is 320. The Morgan fingerprint density at radius 2 is 2.33 bits per heavy atom. The zero-order chi connectivity index (χ0) is 11.3. The van der Waals surface area contributed by atoms with Gasteiger partial charge in [-0.3, -0.25) is 4.68 Å². The molecule has 0 saturated carbocycles. The number of carbonyl (C=O) groups excluding carboxylic acids is 1. The SMILES string of the molecule is CCCC(CC)n1cc(C(=O)OC)cn1. The summed E-state index contributed by atoms with van der Waals surface area (Å²) in [6.07, 6.45) is 6.54. The molecule has 4 heteroatoms. The number of hydrogen-bond donors (Lipinski definition) is 0. The van der Waals surface area contributed by atoms with Crippen LogP contribution in [0.15, 0.2) is 12.4 Å². The van der Waals surface area contributed by atoms with E-state index in [-0.39, 0.29) is 5.97 Å². The molecule has 1 aromatic heterocycles. The highest BCUT2D eigenvalue weighted by Crippen LogP contribution is 2.17. The van der Waals surface area contributed by atoms with Crippen molar-refractivity contribution in [2.75, 3.05) is 7.11 Å². The van der Waals surface area contributed by atoms with Gasteiger partial charge in [-0.25, -0.2) is 4.79 Å². The molecule has 1 heterocycles. The van der Waals surface area contributed by atoms with Gasteiger partial charge in [-0.15, -0.1) is 0 Å². The van der Waals surface area contributed by atoms with Gasteiger partial charge >= 0.3 is 5.97 Å². The maximum Gasteiger partial charge on any atom is 0.341 e. The van der Waals surface area contributed by atoms with Crippen LogP contribution in [0.5, 0.6) is 0 Å². The first-order chi connectivity index (χ1) is 7.22. The van der Waals surface area contributed by atoms with E-state index < -0.39 is 0 Å². The second-order valence-corrected chi connectivity index (χ2v) is 3.55. The van der Waals surface area contributed by atoms with Crippen molar-refractivity contribution in [3.63, 3.8) is 0 Å². The van der Waals surface area contributed by atoms with Gasteiger partial charge in [0.2, 0.25) is 0 Å². The monoisotopic (exact) mass is 210 g/mol. The van der Waals surface area contributed by atoms with E-state index in [1.54, 1.807) is 12.4 Å². The molecule has 0 N–H and O–H groups in total. The number of rotatable bonds is 5. The van der Waals surface area contributed by atoms with Crippen LogP contribution < -0.4 is 0 Å². The summed E-state index contributed by atoms with van der Waals surface area (Å²) in [4.78, 5) is 11.2. The average molecular weight is 210 g/mol. The summed E-state index contributed by atoms with van der Waals surface area (Å²) in [5.74, 6) is -0.326. The maximum absolute atomic E-state index is 11.2. The molecule has 0 aromatic carbocycles. The highest BCUT2D eigenvalue weighted by Gasteiger charge is 2.12. The Morgan fingerprint density at radius 1 is 1.60 bits per heavy atom. The fraction of sp³-hybridized carbons (Fsp3) is 0.636. The van der Waals surface area contributed by atoms with Crippen molar-refractivity contribution < 1.29 is 9.53 Å². The summed E-state index contributed by atoms with van der Waals surface area (Å²) in [7, 11) is 1.38. The van der Waals surface area contributed by atoms with E-state index in [0.717, 1.165) is 19.3 Å². The number of aromatic nitrogens is 2. The molecule has 0 aliphatic carbocycles. The van der Waals surface area contributed by atoms with Gasteiger partial charge in [-0.05, 0) is 12.8 Å². The summed E-state index contributed by atoms with van der Waals surface area (Å²) in [6, 6.07) is 0.383. The lowest BCUT2D eigenvalue weighted by Gasteiger charge is -2.13. The molecular weight excluding hydrogens is 192 g/mol. The minimum atomic E-state index is -0.326. The molecule has 4 nitrogen and oxygen atoms in total. The van der Waals surface area contributed by atoms with Crippen molar-refractivity contribution in [2.24, 2.45) is 0 Å². The van der Waals surface area contributed by atoms with Gasteiger partial charge in [0.15, 0.2) is 0 Å². The van der Waals surface area contributed by atoms with Gasteiger partial charge in [0.1, 0.15) is 0 Å². The lowest BCUT2D eigenvalue weighted by atomic mass is 10.1. The van der Waals surface area contributed by atoms with E-state index in [1.807, 2.05) is 4.68 Å². The summed E-state index contributed by atoms with van der Waals surface area (Å²) in [5.41, 5.74) is 0.520. The van der Waals surface area contributed by atoms with E-state index in [4.69, 9.17) is 0 Å². The van der Waals surface area contributed by atoms with Crippen LogP contribution in [0.4, 0.5) is 0 Å². The Labute approximate surface area is 90.2 Å². The van der Waals surface area contributed by atoms with Crippen molar-refractivity contribution in [3.8, 4) is 0 Å². The molecule has 0 fully saturated rings. The highest BCUT2D eigenvalue weighted by molar-refractivity contribution is 5.88. The van der Waals surface area contributed by atoms with Crippen molar-refractivity contribution in [1.82, 2.24) is 9.78 Å². The zero-order valence-corrected chi connectivity index (χ0v) is 9.56. The third-order valence-corrected chi connectivity index (χ3v) is 2.49. The van der Waals surface area contributed by atoms with Crippen LogP contribution in [-0.4, -0.2) is 22.9 Å². The van der Waals surface area contributed by atoms with E-state index in [9.17, 15) is 4.79 Å². The molecule has 0 amide bonds. The molecule has 1 aromatic rings. The van der Waals surface area contributed by atoms with Crippen molar-refractivity contribution in [2.45, 2.75) is 39.2 Å². The van der Waals surface area contributed by atoms with E-state index in [2.05, 4.69) is 23.7 Å². The molecule has 1 unspecified atom stereocenters. The fourth-order valence-corrected chi connectivity index (χ4v) is 1.62. The molecule has 0 aliphatic rings. The third kappa shape index (κ3) is 2.81. The van der Waals surface area contributed by atoms with Crippen LogP contribution in [0.3, 0.4) is 0 Å². The van der Waals surface area contributed by atoms with Crippen LogP contribution in [0.25, 0.3) is 0 Å². The highest BCUT2D eigenvalue weighted by atomic mass is 16.5. The molecular formula is C11H18N2O2. The van der Waals surface area contributed by atoms with Crippen molar-refractivity contribution >= 4 is 5.97 Å². The Kier molecular flexibility index (Phi) is 4.34. The third-order valence-electron chi connectivity index (χ3n) is 2.49. The van der Waals surface area contributed by atoms with Crippen LogP contribution in [0, 0.1) is 0 Å². The first-order valence-electron chi connectivity index (χ1n) is 5.35. The lowest BCUT2D eigenvalue weighted by Crippen LogP contribution is -2.08. The van der Waals surface area contributed by atoms with Gasteiger partial charge in [0.05, 0.1) is 24.9 Å². The summed E-state index contributed by atoms with van der Waals surface area (Å²) < 4.78 is 6.49. The van der Waals surface area contributed by atoms with Crippen LogP contribution in [-0.2, 0) is 4.74 Å². The molecule has 0 bridgehead atoms. The summed E-state index contributed by atoms with van der Waals surface area (Å²) in [5, 5.41) is 4.19. The van der Waals surface area contributed by atoms with Gasteiger partial charge in [-0.2, -0.15) is 5.10 Å². The molecule has 1 rings (SSSR count). The number of hydrogen-bond acceptors (Lipinski definition) is 3. The van der Waals surface area contributed by atoms with E-state index in [0.29, 0.717) is 11.6 Å². The number of nitrogens with zero attached hydrogens (tertiary/aromatic N) is 2. The maximum atomic E-state index is 11.2. The average Bonchev–Trinajstić information content (AvgIpc) is 2.73. The number of ether oxygens (including phenoxy) is 1. The molecule has 0 saturated heterocycles. The van der Waals surface area contributed by atoms with Crippen LogP contribution >= 0.6 is 0 Å². The minimum Gasteiger partial charge on any atom is -0.465 e. The predicted molar refractivity (Wildman–Crippen MR) is 57.8 cm³/mol. The predicted octanol–water partition coefficient (Wildman–Crippen LogP) is 2.42. The second-order valence-electron chi connectivity index (χ2n) is 3.55. The molecule has 84 valence electrons. The molecule has 0 aliphatic heterocycles.